The van der Waals surface area contributed by atoms with Crippen molar-refractivity contribution in [3.05, 3.63) is 12.7 Å². The Hall–Kier alpha value is -0.340. The zero-order valence-electron chi connectivity index (χ0n) is 14.5. The molecule has 0 aromatic heterocycles. The van der Waals surface area contributed by atoms with Crippen LogP contribution in [0.2, 0.25) is 0 Å². The van der Waals surface area contributed by atoms with Crippen molar-refractivity contribution in [2.45, 2.75) is 85.3 Å². The van der Waals surface area contributed by atoms with Gasteiger partial charge in [0.2, 0.25) is 0 Å². The zero-order valence-corrected chi connectivity index (χ0v) is 14.5. The molecule has 0 spiro atoms. The smallest absolute Gasteiger partial charge is 0.0775 e. The summed E-state index contributed by atoms with van der Waals surface area (Å²) in [6.45, 7) is 16.8. The van der Waals surface area contributed by atoms with Crippen LogP contribution in [0.1, 0.15) is 73.1 Å². The summed E-state index contributed by atoms with van der Waals surface area (Å²) < 4.78 is 6.07. The van der Waals surface area contributed by atoms with Crippen molar-refractivity contribution in [1.29, 1.82) is 0 Å². The molecule has 0 aliphatic heterocycles. The minimum Gasteiger partial charge on any atom is -0.376 e. The number of hydrogen-bond acceptors (Lipinski definition) is 2. The molecule has 0 aliphatic rings. The molecule has 0 radical (unpaired) electrons. The lowest BCUT2D eigenvalue weighted by Crippen LogP contribution is -2.48. The van der Waals surface area contributed by atoms with E-state index in [4.69, 9.17) is 4.74 Å². The van der Waals surface area contributed by atoms with Gasteiger partial charge >= 0.3 is 0 Å². The molecular formula is C18H37NO. The standard InChI is InChI=1S/C18H37NO/c1-7-10-11-12-13-14-16(19-15-8-2)17(20-9-3)18(4,5)6/h7,16-17,19H,1,8-15H2,2-6H3. The number of hydrogen-bond donors (Lipinski definition) is 1. The highest BCUT2D eigenvalue weighted by Crippen LogP contribution is 2.27. The van der Waals surface area contributed by atoms with Gasteiger partial charge in [0.15, 0.2) is 0 Å². The lowest BCUT2D eigenvalue weighted by atomic mass is 9.82. The fraction of sp³-hybridized carbons (Fsp3) is 0.889. The van der Waals surface area contributed by atoms with E-state index in [-0.39, 0.29) is 5.41 Å². The topological polar surface area (TPSA) is 21.3 Å². The molecule has 0 aromatic rings. The Balaban J connectivity index is 4.44. The van der Waals surface area contributed by atoms with E-state index in [0.29, 0.717) is 12.1 Å². The summed E-state index contributed by atoms with van der Waals surface area (Å²) in [6.07, 6.45) is 9.66. The number of rotatable bonds is 12. The first-order valence-corrected chi connectivity index (χ1v) is 8.43. The first-order chi connectivity index (χ1) is 9.47. The van der Waals surface area contributed by atoms with Crippen LogP contribution in [-0.4, -0.2) is 25.3 Å². The summed E-state index contributed by atoms with van der Waals surface area (Å²) in [5.41, 5.74) is 0.183. The SMILES string of the molecule is C=CCCCCCC(NCCC)C(OCC)C(C)(C)C. The molecule has 0 saturated carbocycles. The van der Waals surface area contributed by atoms with E-state index < -0.39 is 0 Å². The van der Waals surface area contributed by atoms with Crippen LogP contribution in [0.5, 0.6) is 0 Å². The van der Waals surface area contributed by atoms with Gasteiger partial charge in [-0.2, -0.15) is 0 Å². The Morgan fingerprint density at radius 3 is 2.35 bits per heavy atom. The quantitative estimate of drug-likeness (QED) is 0.404. The minimum atomic E-state index is 0.183. The molecule has 0 saturated heterocycles. The molecule has 0 bridgehead atoms. The van der Waals surface area contributed by atoms with Gasteiger partial charge in [-0.15, -0.1) is 6.58 Å². The van der Waals surface area contributed by atoms with Crippen molar-refractivity contribution in [1.82, 2.24) is 5.32 Å². The van der Waals surface area contributed by atoms with Gasteiger partial charge in [-0.1, -0.05) is 46.6 Å². The van der Waals surface area contributed by atoms with E-state index in [9.17, 15) is 0 Å². The largest absolute Gasteiger partial charge is 0.376 e. The lowest BCUT2D eigenvalue weighted by molar-refractivity contribution is -0.0377. The summed E-state index contributed by atoms with van der Waals surface area (Å²) in [7, 11) is 0. The van der Waals surface area contributed by atoms with Crippen molar-refractivity contribution in [3.63, 3.8) is 0 Å². The van der Waals surface area contributed by atoms with E-state index in [2.05, 4.69) is 46.5 Å². The number of allylic oxidation sites excluding steroid dienone is 1. The Morgan fingerprint density at radius 1 is 1.15 bits per heavy atom. The van der Waals surface area contributed by atoms with Crippen molar-refractivity contribution < 1.29 is 4.74 Å². The molecule has 0 aliphatic carbocycles. The first kappa shape index (κ1) is 19.7. The van der Waals surface area contributed by atoms with Crippen molar-refractivity contribution in [3.8, 4) is 0 Å². The average molecular weight is 284 g/mol. The van der Waals surface area contributed by atoms with Gasteiger partial charge < -0.3 is 10.1 Å². The van der Waals surface area contributed by atoms with Gasteiger partial charge in [-0.25, -0.2) is 0 Å². The number of nitrogens with one attached hydrogen (secondary N) is 1. The molecule has 0 amide bonds. The van der Waals surface area contributed by atoms with Crippen LogP contribution >= 0.6 is 0 Å². The first-order valence-electron chi connectivity index (χ1n) is 8.43. The van der Waals surface area contributed by atoms with Crippen molar-refractivity contribution >= 4 is 0 Å². The summed E-state index contributed by atoms with van der Waals surface area (Å²) in [6, 6.07) is 0.471. The summed E-state index contributed by atoms with van der Waals surface area (Å²) in [5.74, 6) is 0. The fourth-order valence-corrected chi connectivity index (χ4v) is 2.67. The molecule has 0 rings (SSSR count). The van der Waals surface area contributed by atoms with Gasteiger partial charge in [0, 0.05) is 12.6 Å². The third-order valence-corrected chi connectivity index (χ3v) is 3.65. The predicted molar refractivity (Wildman–Crippen MR) is 90.2 cm³/mol. The van der Waals surface area contributed by atoms with Crippen LogP contribution in [0, 0.1) is 5.41 Å². The van der Waals surface area contributed by atoms with E-state index in [1.54, 1.807) is 0 Å². The summed E-state index contributed by atoms with van der Waals surface area (Å²) in [5, 5.41) is 3.71. The Morgan fingerprint density at radius 2 is 1.85 bits per heavy atom. The molecule has 2 nitrogen and oxygen atoms in total. The third-order valence-electron chi connectivity index (χ3n) is 3.65. The van der Waals surface area contributed by atoms with Crippen LogP contribution in [0.25, 0.3) is 0 Å². The van der Waals surface area contributed by atoms with Crippen LogP contribution in [0.3, 0.4) is 0 Å². The van der Waals surface area contributed by atoms with Crippen molar-refractivity contribution in [2.24, 2.45) is 5.41 Å². The van der Waals surface area contributed by atoms with E-state index in [1.165, 1.54) is 32.1 Å². The molecule has 0 heterocycles. The normalized spacial score (nSPS) is 15.1. The maximum absolute atomic E-state index is 6.07. The molecule has 2 heteroatoms. The lowest BCUT2D eigenvalue weighted by Gasteiger charge is -2.37. The van der Waals surface area contributed by atoms with E-state index >= 15 is 0 Å². The number of ether oxygens (including phenoxy) is 1. The van der Waals surface area contributed by atoms with Crippen LogP contribution in [-0.2, 0) is 4.74 Å². The van der Waals surface area contributed by atoms with Crippen molar-refractivity contribution in [2.75, 3.05) is 13.2 Å². The second kappa shape index (κ2) is 11.3. The molecule has 2 unspecified atom stereocenters. The van der Waals surface area contributed by atoms with Crippen LogP contribution in [0.15, 0.2) is 12.7 Å². The van der Waals surface area contributed by atoms with Gasteiger partial charge in [-0.05, 0) is 44.6 Å². The highest BCUT2D eigenvalue weighted by atomic mass is 16.5. The van der Waals surface area contributed by atoms with Gasteiger partial charge in [0.1, 0.15) is 0 Å². The monoisotopic (exact) mass is 283 g/mol. The second-order valence-electron chi connectivity index (χ2n) is 6.73. The van der Waals surface area contributed by atoms with Gasteiger partial charge in [-0.3, -0.25) is 0 Å². The summed E-state index contributed by atoms with van der Waals surface area (Å²) in [4.78, 5) is 0. The maximum Gasteiger partial charge on any atom is 0.0775 e. The van der Waals surface area contributed by atoms with Crippen LogP contribution < -0.4 is 5.32 Å². The fourth-order valence-electron chi connectivity index (χ4n) is 2.67. The predicted octanol–water partition coefficient (Wildman–Crippen LogP) is 4.94. The molecule has 2 atom stereocenters. The Kier molecular flexibility index (Phi) is 11.1. The van der Waals surface area contributed by atoms with E-state index in [1.807, 2.05) is 6.08 Å². The highest BCUT2D eigenvalue weighted by molar-refractivity contribution is 4.86. The highest BCUT2D eigenvalue weighted by Gasteiger charge is 2.32. The average Bonchev–Trinajstić information content (AvgIpc) is 2.38. The van der Waals surface area contributed by atoms with Gasteiger partial charge in [0.25, 0.3) is 0 Å². The molecular weight excluding hydrogens is 246 g/mol. The van der Waals surface area contributed by atoms with Gasteiger partial charge in [0.05, 0.1) is 6.10 Å². The molecule has 1 N–H and O–H groups in total. The minimum absolute atomic E-state index is 0.183. The molecule has 20 heavy (non-hydrogen) atoms. The van der Waals surface area contributed by atoms with E-state index in [0.717, 1.165) is 19.6 Å². The van der Waals surface area contributed by atoms with Crippen LogP contribution in [0.4, 0.5) is 0 Å². The molecule has 120 valence electrons. The third kappa shape index (κ3) is 8.76. The maximum atomic E-state index is 6.07. The summed E-state index contributed by atoms with van der Waals surface area (Å²) >= 11 is 0. The zero-order chi connectivity index (χ0) is 15.4. The Bertz CT molecular complexity index is 232. The molecule has 0 fully saturated rings. The number of unbranched alkanes of at least 4 members (excludes halogenated alkanes) is 3. The Labute approximate surface area is 127 Å². The molecule has 0 aromatic carbocycles. The second-order valence-corrected chi connectivity index (χ2v) is 6.73.